The molecule has 0 radical (unpaired) electrons. The molecule has 2 aliphatic rings. The summed E-state index contributed by atoms with van der Waals surface area (Å²) in [6, 6.07) is 10.4. The Morgan fingerprint density at radius 2 is 1.79 bits per heavy atom. The molecule has 2 fully saturated rings. The number of ether oxygens (including phenoxy) is 3. The van der Waals surface area contributed by atoms with Crippen LogP contribution in [-0.4, -0.2) is 53.5 Å². The predicted molar refractivity (Wildman–Crippen MR) is 131 cm³/mol. The number of allylic oxidation sites excluding steroid dienone is 2. The molecule has 1 unspecified atom stereocenters. The molecule has 34 heavy (non-hydrogen) atoms. The smallest absolute Gasteiger partial charge is 0.306 e. The van der Waals surface area contributed by atoms with Gasteiger partial charge in [0.15, 0.2) is 5.79 Å². The number of esters is 1. The van der Waals surface area contributed by atoms with E-state index in [2.05, 4.69) is 24.3 Å². The van der Waals surface area contributed by atoms with Crippen molar-refractivity contribution >= 4 is 5.97 Å². The zero-order valence-corrected chi connectivity index (χ0v) is 20.7. The highest BCUT2D eigenvalue weighted by atomic mass is 16.7. The quantitative estimate of drug-likeness (QED) is 0.248. The van der Waals surface area contributed by atoms with Crippen molar-refractivity contribution < 1.29 is 29.2 Å². The molecular weight excluding hydrogens is 432 g/mol. The van der Waals surface area contributed by atoms with E-state index in [1.54, 1.807) is 0 Å². The molecule has 1 aromatic carbocycles. The lowest BCUT2D eigenvalue weighted by Gasteiger charge is -2.31. The van der Waals surface area contributed by atoms with Gasteiger partial charge in [0.1, 0.15) is 0 Å². The highest BCUT2D eigenvalue weighted by Crippen LogP contribution is 2.41. The summed E-state index contributed by atoms with van der Waals surface area (Å²) < 4.78 is 17.3. The van der Waals surface area contributed by atoms with Crippen LogP contribution in [0.4, 0.5) is 0 Å². The first-order chi connectivity index (χ1) is 16.4. The number of aliphatic hydroxyl groups is 2. The van der Waals surface area contributed by atoms with Crippen molar-refractivity contribution in [1.82, 2.24) is 0 Å². The fraction of sp³-hybridized carbons (Fsp3) is 0.679. The van der Waals surface area contributed by atoms with E-state index in [1.807, 2.05) is 32.0 Å². The second-order valence-electron chi connectivity index (χ2n) is 9.97. The van der Waals surface area contributed by atoms with Crippen LogP contribution in [0.3, 0.4) is 0 Å². The van der Waals surface area contributed by atoms with Crippen LogP contribution in [0.15, 0.2) is 42.5 Å². The largest absolute Gasteiger partial charge is 0.463 e. The van der Waals surface area contributed by atoms with E-state index in [0.29, 0.717) is 32.5 Å². The second-order valence-corrected chi connectivity index (χ2v) is 9.97. The van der Waals surface area contributed by atoms with E-state index in [9.17, 15) is 15.0 Å². The SMILES string of the molecule is CC(C)OC(=O)CCC/C=C\C[C@H]1C(O)C[C@@H](O)[C@@H]1CCC1(CCc2ccccc2)OCCO1. The molecule has 1 saturated heterocycles. The third-order valence-electron chi connectivity index (χ3n) is 7.02. The number of benzene rings is 1. The summed E-state index contributed by atoms with van der Waals surface area (Å²) in [5.41, 5.74) is 1.26. The van der Waals surface area contributed by atoms with Crippen molar-refractivity contribution in [2.75, 3.05) is 13.2 Å². The van der Waals surface area contributed by atoms with E-state index in [4.69, 9.17) is 14.2 Å². The Hall–Kier alpha value is -1.73. The molecule has 0 bridgehead atoms. The van der Waals surface area contributed by atoms with Gasteiger partial charge in [-0.25, -0.2) is 0 Å². The van der Waals surface area contributed by atoms with Crippen LogP contribution in [0, 0.1) is 11.8 Å². The molecule has 6 heteroatoms. The third-order valence-corrected chi connectivity index (χ3v) is 7.02. The monoisotopic (exact) mass is 474 g/mol. The molecule has 3 rings (SSSR count). The molecule has 4 atom stereocenters. The summed E-state index contributed by atoms with van der Waals surface area (Å²) in [5, 5.41) is 21.2. The Morgan fingerprint density at radius 3 is 2.50 bits per heavy atom. The molecule has 1 aliphatic heterocycles. The van der Waals surface area contributed by atoms with E-state index in [0.717, 1.165) is 38.5 Å². The van der Waals surface area contributed by atoms with Gasteiger partial charge in [0.05, 0.1) is 31.5 Å². The summed E-state index contributed by atoms with van der Waals surface area (Å²) in [4.78, 5) is 11.6. The fourth-order valence-electron chi connectivity index (χ4n) is 5.24. The molecule has 1 heterocycles. The highest BCUT2D eigenvalue weighted by molar-refractivity contribution is 5.69. The van der Waals surface area contributed by atoms with Gasteiger partial charge in [-0.2, -0.15) is 0 Å². The van der Waals surface area contributed by atoms with Crippen LogP contribution in [0.25, 0.3) is 0 Å². The van der Waals surface area contributed by atoms with Crippen molar-refractivity contribution in [3.63, 3.8) is 0 Å². The summed E-state index contributed by atoms with van der Waals surface area (Å²) >= 11 is 0. The Morgan fingerprint density at radius 1 is 1.09 bits per heavy atom. The Balaban J connectivity index is 1.47. The maximum Gasteiger partial charge on any atom is 0.306 e. The van der Waals surface area contributed by atoms with Crippen LogP contribution in [0.5, 0.6) is 0 Å². The number of hydrogen-bond donors (Lipinski definition) is 2. The van der Waals surface area contributed by atoms with E-state index in [1.165, 1.54) is 5.56 Å². The van der Waals surface area contributed by atoms with Crippen molar-refractivity contribution in [3.8, 4) is 0 Å². The molecule has 0 spiro atoms. The first-order valence-electron chi connectivity index (χ1n) is 12.9. The Labute approximate surface area is 204 Å². The number of rotatable bonds is 13. The summed E-state index contributed by atoms with van der Waals surface area (Å²) in [6.45, 7) is 4.90. The number of carbonyl (C=O) groups excluding carboxylic acids is 1. The van der Waals surface area contributed by atoms with Gasteiger partial charge >= 0.3 is 5.97 Å². The Bertz CT molecular complexity index is 755. The number of aryl methyl sites for hydroxylation is 1. The maximum absolute atomic E-state index is 11.6. The van der Waals surface area contributed by atoms with Crippen LogP contribution in [-0.2, 0) is 25.4 Å². The van der Waals surface area contributed by atoms with Gasteiger partial charge in [-0.05, 0) is 69.8 Å². The van der Waals surface area contributed by atoms with E-state index in [-0.39, 0.29) is 23.9 Å². The average molecular weight is 475 g/mol. The first-order valence-corrected chi connectivity index (χ1v) is 12.9. The minimum Gasteiger partial charge on any atom is -0.463 e. The van der Waals surface area contributed by atoms with Crippen molar-refractivity contribution in [1.29, 1.82) is 0 Å². The maximum atomic E-state index is 11.6. The molecule has 6 nitrogen and oxygen atoms in total. The molecule has 1 aliphatic carbocycles. The van der Waals surface area contributed by atoms with Crippen LogP contribution < -0.4 is 0 Å². The van der Waals surface area contributed by atoms with Crippen LogP contribution in [0.1, 0.15) is 70.8 Å². The molecule has 1 aromatic rings. The lowest BCUT2D eigenvalue weighted by atomic mass is 9.85. The lowest BCUT2D eigenvalue weighted by molar-refractivity contribution is -0.170. The van der Waals surface area contributed by atoms with Gasteiger partial charge in [-0.3, -0.25) is 4.79 Å². The fourth-order valence-corrected chi connectivity index (χ4v) is 5.24. The first kappa shape index (κ1) is 26.9. The molecule has 2 N–H and O–H groups in total. The van der Waals surface area contributed by atoms with Gasteiger partial charge in [0, 0.05) is 19.3 Å². The molecule has 0 amide bonds. The molecule has 0 aromatic heterocycles. The highest BCUT2D eigenvalue weighted by Gasteiger charge is 2.43. The normalized spacial score (nSPS) is 26.5. The molecule has 190 valence electrons. The zero-order chi connectivity index (χ0) is 24.4. The van der Waals surface area contributed by atoms with Crippen LogP contribution in [0.2, 0.25) is 0 Å². The van der Waals surface area contributed by atoms with Crippen molar-refractivity contribution in [2.45, 2.75) is 95.7 Å². The predicted octanol–water partition coefficient (Wildman–Crippen LogP) is 4.57. The summed E-state index contributed by atoms with van der Waals surface area (Å²) in [5.74, 6) is -0.726. The summed E-state index contributed by atoms with van der Waals surface area (Å²) in [6.07, 6.45) is 9.31. The van der Waals surface area contributed by atoms with Crippen molar-refractivity contribution in [2.24, 2.45) is 11.8 Å². The minimum absolute atomic E-state index is 0.0158. The van der Waals surface area contributed by atoms with Crippen LogP contribution >= 0.6 is 0 Å². The molecular formula is C28H42O6. The second kappa shape index (κ2) is 13.4. The number of unbranched alkanes of at least 4 members (excludes halogenated alkanes) is 1. The van der Waals surface area contributed by atoms with Gasteiger partial charge in [-0.15, -0.1) is 0 Å². The van der Waals surface area contributed by atoms with Gasteiger partial charge < -0.3 is 24.4 Å². The number of carbonyl (C=O) groups is 1. The van der Waals surface area contributed by atoms with Crippen molar-refractivity contribution in [3.05, 3.63) is 48.0 Å². The van der Waals surface area contributed by atoms with E-state index >= 15 is 0 Å². The average Bonchev–Trinajstić information content (AvgIpc) is 3.38. The zero-order valence-electron chi connectivity index (χ0n) is 20.7. The third kappa shape index (κ3) is 8.19. The number of hydrogen-bond acceptors (Lipinski definition) is 6. The number of aliphatic hydroxyl groups excluding tert-OH is 2. The lowest BCUT2D eigenvalue weighted by Crippen LogP contribution is -2.33. The van der Waals surface area contributed by atoms with Gasteiger partial charge in [0.2, 0.25) is 0 Å². The van der Waals surface area contributed by atoms with E-state index < -0.39 is 18.0 Å². The summed E-state index contributed by atoms with van der Waals surface area (Å²) in [7, 11) is 0. The molecule has 1 saturated carbocycles. The standard InChI is InChI=1S/C28H42O6/c1-21(2)34-27(31)13-9-4-3-8-12-23-24(26(30)20-25(23)29)15-17-28(32-18-19-33-28)16-14-22-10-6-5-7-11-22/h3,5-8,10-11,21,23-26,29-30H,4,9,12-20H2,1-2H3/b8-3-/t23-,24-,25?,26-/m1/s1. The Kier molecular flexibility index (Phi) is 10.6. The topological polar surface area (TPSA) is 85.2 Å². The van der Waals surface area contributed by atoms with Gasteiger partial charge in [0.25, 0.3) is 0 Å². The minimum atomic E-state index is -0.603. The van der Waals surface area contributed by atoms with Gasteiger partial charge in [-0.1, -0.05) is 42.5 Å².